The number of nitro benzene ring substituents is 1. The van der Waals surface area contributed by atoms with E-state index in [-0.39, 0.29) is 10.6 Å². The van der Waals surface area contributed by atoms with Crippen molar-refractivity contribution >= 4 is 21.6 Å². The van der Waals surface area contributed by atoms with Gasteiger partial charge in [0.1, 0.15) is 0 Å². The third-order valence-corrected chi connectivity index (χ3v) is 3.86. The van der Waals surface area contributed by atoms with Crippen molar-refractivity contribution in [3.63, 3.8) is 0 Å². The maximum Gasteiger partial charge on any atom is 0.272 e. The molecule has 0 saturated carbocycles. The molecule has 0 heterocycles. The number of benzene rings is 1. The summed E-state index contributed by atoms with van der Waals surface area (Å²) in [6.45, 7) is 3.99. The second-order valence-electron chi connectivity index (χ2n) is 4.24. The normalized spacial score (nSPS) is 12.4. The Bertz CT molecular complexity index is 393. The van der Waals surface area contributed by atoms with Gasteiger partial charge in [0, 0.05) is 16.5 Å². The monoisotopic (exact) mass is 299 g/mol. The van der Waals surface area contributed by atoms with Gasteiger partial charge in [-0.3, -0.25) is 10.1 Å². The molecule has 0 N–H and O–H groups in total. The second-order valence-corrected chi connectivity index (χ2v) is 5.54. The van der Waals surface area contributed by atoms with Crippen LogP contribution in [-0.2, 0) is 6.42 Å². The van der Waals surface area contributed by atoms with Gasteiger partial charge in [-0.15, -0.1) is 0 Å². The quantitative estimate of drug-likeness (QED) is 0.444. The summed E-state index contributed by atoms with van der Waals surface area (Å²) >= 11 is 3.63. The summed E-state index contributed by atoms with van der Waals surface area (Å²) in [7, 11) is 0. The summed E-state index contributed by atoms with van der Waals surface area (Å²) < 4.78 is 0. The van der Waals surface area contributed by atoms with E-state index < -0.39 is 0 Å². The van der Waals surface area contributed by atoms with Gasteiger partial charge in [-0.05, 0) is 31.7 Å². The Morgan fingerprint density at radius 2 is 2.12 bits per heavy atom. The van der Waals surface area contributed by atoms with Crippen molar-refractivity contribution in [2.45, 2.75) is 44.4 Å². The predicted molar refractivity (Wildman–Crippen MR) is 73.8 cm³/mol. The summed E-state index contributed by atoms with van der Waals surface area (Å²) in [6.07, 6.45) is 4.22. The number of hydrogen-bond acceptors (Lipinski definition) is 2. The van der Waals surface area contributed by atoms with E-state index in [1.54, 1.807) is 12.1 Å². The Hall–Kier alpha value is -0.900. The van der Waals surface area contributed by atoms with E-state index in [9.17, 15) is 10.1 Å². The first-order valence-electron chi connectivity index (χ1n) is 5.93. The van der Waals surface area contributed by atoms with Gasteiger partial charge in [-0.25, -0.2) is 0 Å². The Kier molecular flexibility index (Phi) is 5.62. The summed E-state index contributed by atoms with van der Waals surface area (Å²) in [5, 5.41) is 10.8. The first-order chi connectivity index (χ1) is 8.06. The van der Waals surface area contributed by atoms with Crippen molar-refractivity contribution in [1.29, 1.82) is 0 Å². The van der Waals surface area contributed by atoms with Crippen LogP contribution in [0.2, 0.25) is 0 Å². The van der Waals surface area contributed by atoms with Crippen LogP contribution in [0.3, 0.4) is 0 Å². The maximum absolute atomic E-state index is 10.8. The molecule has 1 rings (SSSR count). The Morgan fingerprint density at radius 1 is 1.41 bits per heavy atom. The molecule has 1 atom stereocenters. The fourth-order valence-corrected chi connectivity index (χ4v) is 2.59. The Morgan fingerprint density at radius 3 is 2.71 bits per heavy atom. The van der Waals surface area contributed by atoms with Crippen LogP contribution in [0.1, 0.15) is 37.3 Å². The number of alkyl halides is 1. The van der Waals surface area contributed by atoms with Crippen LogP contribution in [0, 0.1) is 17.0 Å². The number of nitrogens with zero attached hydrogens (tertiary/aromatic N) is 1. The lowest BCUT2D eigenvalue weighted by Crippen LogP contribution is -2.02. The van der Waals surface area contributed by atoms with Crippen molar-refractivity contribution in [3.05, 3.63) is 39.4 Å². The molecule has 3 nitrogen and oxygen atoms in total. The molecule has 0 aliphatic rings. The Labute approximate surface area is 111 Å². The molecular weight excluding hydrogens is 282 g/mol. The minimum atomic E-state index is -0.309. The molecule has 4 heteroatoms. The molecule has 0 aliphatic carbocycles. The van der Waals surface area contributed by atoms with Crippen molar-refractivity contribution in [1.82, 2.24) is 0 Å². The van der Waals surface area contributed by atoms with Crippen LogP contribution in [0.4, 0.5) is 5.69 Å². The average Bonchev–Trinajstić information content (AvgIpc) is 2.27. The van der Waals surface area contributed by atoms with Gasteiger partial charge in [0.05, 0.1) is 4.92 Å². The number of rotatable bonds is 6. The zero-order chi connectivity index (χ0) is 12.8. The van der Waals surface area contributed by atoms with Crippen LogP contribution in [0.5, 0.6) is 0 Å². The first-order valence-corrected chi connectivity index (χ1v) is 6.84. The smallest absolute Gasteiger partial charge is 0.258 e. The SMILES string of the molecule is CCCC(Br)CCc1cccc([N+](=O)[O-])c1C. The molecule has 0 saturated heterocycles. The highest BCUT2D eigenvalue weighted by Gasteiger charge is 2.13. The molecule has 0 spiro atoms. The third kappa shape index (κ3) is 4.11. The molecule has 0 bridgehead atoms. The lowest BCUT2D eigenvalue weighted by molar-refractivity contribution is -0.385. The zero-order valence-electron chi connectivity index (χ0n) is 10.3. The van der Waals surface area contributed by atoms with Gasteiger partial charge < -0.3 is 0 Å². The molecule has 1 aromatic carbocycles. The maximum atomic E-state index is 10.8. The fourth-order valence-electron chi connectivity index (χ4n) is 1.91. The predicted octanol–water partition coefficient (Wildman–Crippen LogP) is 4.40. The van der Waals surface area contributed by atoms with E-state index in [2.05, 4.69) is 22.9 Å². The standard InChI is InChI=1S/C13H18BrNO2/c1-3-5-12(14)9-8-11-6-4-7-13(10(11)2)15(16)17/h4,6-7,12H,3,5,8-9H2,1-2H3. The van der Waals surface area contributed by atoms with Crippen LogP contribution >= 0.6 is 15.9 Å². The minimum absolute atomic E-state index is 0.226. The van der Waals surface area contributed by atoms with E-state index in [0.29, 0.717) is 4.83 Å². The molecule has 1 aromatic rings. The molecule has 0 aromatic heterocycles. The van der Waals surface area contributed by atoms with E-state index in [1.165, 1.54) is 0 Å². The molecule has 17 heavy (non-hydrogen) atoms. The molecular formula is C13H18BrNO2. The lowest BCUT2D eigenvalue weighted by Gasteiger charge is -2.10. The van der Waals surface area contributed by atoms with Crippen molar-refractivity contribution < 1.29 is 4.92 Å². The van der Waals surface area contributed by atoms with Crippen LogP contribution < -0.4 is 0 Å². The van der Waals surface area contributed by atoms with Gasteiger partial charge in [0.25, 0.3) is 5.69 Å². The Balaban J connectivity index is 2.72. The van der Waals surface area contributed by atoms with E-state index in [4.69, 9.17) is 0 Å². The van der Waals surface area contributed by atoms with Crippen LogP contribution in [0.25, 0.3) is 0 Å². The summed E-state index contributed by atoms with van der Waals surface area (Å²) in [5.74, 6) is 0. The summed E-state index contributed by atoms with van der Waals surface area (Å²) in [4.78, 5) is 11.0. The highest BCUT2D eigenvalue weighted by atomic mass is 79.9. The number of nitro groups is 1. The summed E-state index contributed by atoms with van der Waals surface area (Å²) in [5.41, 5.74) is 2.11. The zero-order valence-corrected chi connectivity index (χ0v) is 11.9. The number of hydrogen-bond donors (Lipinski definition) is 0. The fraction of sp³-hybridized carbons (Fsp3) is 0.538. The highest BCUT2D eigenvalue weighted by Crippen LogP contribution is 2.24. The van der Waals surface area contributed by atoms with Gasteiger partial charge in [0.15, 0.2) is 0 Å². The van der Waals surface area contributed by atoms with Crippen molar-refractivity contribution in [3.8, 4) is 0 Å². The number of halogens is 1. The topological polar surface area (TPSA) is 43.1 Å². The average molecular weight is 300 g/mol. The first kappa shape index (κ1) is 14.2. The lowest BCUT2D eigenvalue weighted by atomic mass is 10.0. The van der Waals surface area contributed by atoms with Crippen molar-refractivity contribution in [2.75, 3.05) is 0 Å². The molecule has 0 aliphatic heterocycles. The third-order valence-electron chi connectivity index (χ3n) is 2.94. The molecule has 1 unspecified atom stereocenters. The van der Waals surface area contributed by atoms with Crippen LogP contribution in [0.15, 0.2) is 18.2 Å². The molecule has 0 radical (unpaired) electrons. The van der Waals surface area contributed by atoms with E-state index in [1.807, 2.05) is 13.0 Å². The largest absolute Gasteiger partial charge is 0.272 e. The van der Waals surface area contributed by atoms with Crippen molar-refractivity contribution in [2.24, 2.45) is 0 Å². The second kappa shape index (κ2) is 6.74. The van der Waals surface area contributed by atoms with Gasteiger partial charge in [-0.2, -0.15) is 0 Å². The van der Waals surface area contributed by atoms with Crippen LogP contribution in [-0.4, -0.2) is 9.75 Å². The van der Waals surface area contributed by atoms with E-state index >= 15 is 0 Å². The molecule has 94 valence electrons. The molecule has 0 fully saturated rings. The molecule has 0 amide bonds. The van der Waals surface area contributed by atoms with Gasteiger partial charge in [0.2, 0.25) is 0 Å². The van der Waals surface area contributed by atoms with Gasteiger partial charge >= 0.3 is 0 Å². The minimum Gasteiger partial charge on any atom is -0.258 e. The van der Waals surface area contributed by atoms with E-state index in [0.717, 1.165) is 36.8 Å². The summed E-state index contributed by atoms with van der Waals surface area (Å²) in [6, 6.07) is 5.31. The highest BCUT2D eigenvalue weighted by molar-refractivity contribution is 9.09. The van der Waals surface area contributed by atoms with Gasteiger partial charge in [-0.1, -0.05) is 41.4 Å². The number of aryl methyl sites for hydroxylation is 1.